The number of rotatable bonds is 5. The first-order chi connectivity index (χ1) is 8.69. The summed E-state index contributed by atoms with van der Waals surface area (Å²) in [6.45, 7) is 1.77. The predicted octanol–water partition coefficient (Wildman–Crippen LogP) is 0.755. The fraction of sp³-hybridized carbons (Fsp3) is 0.364. The van der Waals surface area contributed by atoms with Gasteiger partial charge in [-0.25, -0.2) is 9.37 Å². The highest BCUT2D eigenvalue weighted by atomic mass is 19.1. The highest BCUT2D eigenvalue weighted by molar-refractivity contribution is 5.98. The third kappa shape index (κ3) is 3.01. The van der Waals surface area contributed by atoms with Crippen LogP contribution in [-0.4, -0.2) is 40.2 Å². The second-order valence-electron chi connectivity index (χ2n) is 3.69. The molecule has 1 aromatic heterocycles. The normalized spacial score (nSPS) is 17.7. The van der Waals surface area contributed by atoms with Crippen molar-refractivity contribution in [1.29, 1.82) is 0 Å². The maximum Gasteiger partial charge on any atom is 0.318 e. The topological polar surface area (TPSA) is 79.6 Å². The van der Waals surface area contributed by atoms with Crippen molar-refractivity contribution in [3.05, 3.63) is 24.2 Å². The summed E-state index contributed by atoms with van der Waals surface area (Å²) < 4.78 is 18.4. The average Bonchev–Trinajstić information content (AvgIpc) is 2.76. The number of nitrogens with zero attached hydrogens (tertiary/aromatic N) is 3. The maximum atomic E-state index is 13.2. The number of halogens is 1. The fourth-order valence-electron chi connectivity index (χ4n) is 1.44. The molecule has 0 saturated carbocycles. The van der Waals surface area contributed by atoms with Crippen LogP contribution in [0.1, 0.15) is 6.92 Å². The van der Waals surface area contributed by atoms with Crippen molar-refractivity contribution < 1.29 is 14.2 Å². The minimum atomic E-state index is -0.650. The van der Waals surface area contributed by atoms with E-state index in [4.69, 9.17) is 9.84 Å². The van der Waals surface area contributed by atoms with E-state index in [1.54, 1.807) is 0 Å². The lowest BCUT2D eigenvalue weighted by atomic mass is 10.3. The third-order valence-corrected chi connectivity index (χ3v) is 2.25. The molecule has 0 aliphatic carbocycles. The molecule has 18 heavy (non-hydrogen) atoms. The van der Waals surface area contributed by atoms with E-state index in [-0.39, 0.29) is 24.5 Å². The van der Waals surface area contributed by atoms with Gasteiger partial charge < -0.3 is 15.2 Å². The largest absolute Gasteiger partial charge is 0.457 e. The van der Waals surface area contributed by atoms with Gasteiger partial charge in [0.25, 0.3) is 0 Å². The number of nitrogens with one attached hydrogen (secondary N) is 1. The van der Waals surface area contributed by atoms with E-state index >= 15 is 0 Å². The second kappa shape index (κ2) is 5.54. The summed E-state index contributed by atoms with van der Waals surface area (Å²) in [5, 5.41) is 11.0. The number of aliphatic hydroxyl groups excluding tert-OH is 1. The average molecular weight is 252 g/mol. The Balaban J connectivity index is 1.99. The van der Waals surface area contributed by atoms with Gasteiger partial charge in [-0.05, 0) is 13.0 Å². The lowest BCUT2D eigenvalue weighted by Crippen LogP contribution is -2.12. The van der Waals surface area contributed by atoms with Crippen LogP contribution in [0.2, 0.25) is 0 Å². The Labute approximate surface area is 103 Å². The van der Waals surface area contributed by atoms with Crippen molar-refractivity contribution in [3.8, 4) is 6.01 Å². The van der Waals surface area contributed by atoms with Crippen molar-refractivity contribution in [1.82, 2.24) is 9.97 Å². The summed E-state index contributed by atoms with van der Waals surface area (Å²) in [7, 11) is 0. The minimum Gasteiger partial charge on any atom is -0.457 e. The van der Waals surface area contributed by atoms with E-state index in [0.29, 0.717) is 0 Å². The van der Waals surface area contributed by atoms with Crippen LogP contribution >= 0.6 is 0 Å². The number of aromatic nitrogens is 2. The lowest BCUT2D eigenvalue weighted by Gasteiger charge is -2.06. The summed E-state index contributed by atoms with van der Waals surface area (Å²) in [5.74, 6) is -0.747. The zero-order valence-electron chi connectivity index (χ0n) is 9.80. The molecule has 1 unspecified atom stereocenters. The van der Waals surface area contributed by atoms with E-state index < -0.39 is 12.5 Å². The Morgan fingerprint density at radius 3 is 3.06 bits per heavy atom. The quantitative estimate of drug-likeness (QED) is 0.756. The molecule has 0 fully saturated rings. The van der Waals surface area contributed by atoms with Crippen molar-refractivity contribution >= 4 is 11.5 Å². The number of hydrogen-bond donors (Lipinski definition) is 2. The molecule has 0 bridgehead atoms. The number of hydrogen-bond acceptors (Lipinski definition) is 6. The van der Waals surface area contributed by atoms with Gasteiger partial charge in [-0.3, -0.25) is 4.99 Å². The Morgan fingerprint density at radius 2 is 2.39 bits per heavy atom. The molecule has 2 N–H and O–H groups in total. The van der Waals surface area contributed by atoms with E-state index in [0.717, 1.165) is 11.9 Å². The first kappa shape index (κ1) is 12.4. The zero-order chi connectivity index (χ0) is 13.0. The summed E-state index contributed by atoms with van der Waals surface area (Å²) >= 11 is 0. The molecule has 7 heteroatoms. The molecule has 2 rings (SSSR count). The van der Waals surface area contributed by atoms with Crippen LogP contribution in [0.5, 0.6) is 6.01 Å². The summed E-state index contributed by atoms with van der Waals surface area (Å²) in [6, 6.07) is 0.187. The van der Waals surface area contributed by atoms with Crippen LogP contribution in [0, 0.1) is 5.82 Å². The molecule has 96 valence electrons. The van der Waals surface area contributed by atoms with Gasteiger partial charge in [-0.1, -0.05) is 6.08 Å². The molecular weight excluding hydrogens is 239 g/mol. The Bertz CT molecular complexity index is 490. The molecule has 0 saturated heterocycles. The standard InChI is InChI=1S/C11H13FN4O2/c1-7-2-3-8(15-7)5-18-11-13-4-9(12)10(16-11)14-6-17/h2-4,7,17H,5-6H2,1H3,(H,13,14,16). The molecule has 0 spiro atoms. The van der Waals surface area contributed by atoms with E-state index in [2.05, 4.69) is 20.3 Å². The molecular formula is C11H13FN4O2. The van der Waals surface area contributed by atoms with Gasteiger partial charge >= 0.3 is 6.01 Å². The fourth-order valence-corrected chi connectivity index (χ4v) is 1.44. The van der Waals surface area contributed by atoms with Gasteiger partial charge in [-0.15, -0.1) is 0 Å². The van der Waals surface area contributed by atoms with Gasteiger partial charge in [0.2, 0.25) is 0 Å². The first-order valence-electron chi connectivity index (χ1n) is 5.44. The number of anilines is 1. The molecule has 1 aliphatic heterocycles. The molecule has 0 amide bonds. The SMILES string of the molecule is CC1C=CC(COc2ncc(F)c(NCO)n2)=N1. The number of ether oxygens (including phenoxy) is 1. The first-order valence-corrected chi connectivity index (χ1v) is 5.44. The van der Waals surface area contributed by atoms with Crippen LogP contribution in [0.4, 0.5) is 10.2 Å². The van der Waals surface area contributed by atoms with Crippen LogP contribution in [0.25, 0.3) is 0 Å². The van der Waals surface area contributed by atoms with Gasteiger partial charge in [-0.2, -0.15) is 4.98 Å². The van der Waals surface area contributed by atoms with Crippen LogP contribution < -0.4 is 10.1 Å². The van der Waals surface area contributed by atoms with Crippen molar-refractivity contribution in [2.75, 3.05) is 18.7 Å². The van der Waals surface area contributed by atoms with Crippen LogP contribution in [0.3, 0.4) is 0 Å². The number of aliphatic imine (C=N–C) groups is 1. The van der Waals surface area contributed by atoms with Crippen molar-refractivity contribution in [3.63, 3.8) is 0 Å². The summed E-state index contributed by atoms with van der Waals surface area (Å²) in [6.07, 6.45) is 4.79. The Kier molecular flexibility index (Phi) is 3.83. The highest BCUT2D eigenvalue weighted by Gasteiger charge is 2.10. The zero-order valence-corrected chi connectivity index (χ0v) is 9.80. The van der Waals surface area contributed by atoms with Crippen LogP contribution in [-0.2, 0) is 0 Å². The Morgan fingerprint density at radius 1 is 1.56 bits per heavy atom. The van der Waals surface area contributed by atoms with Crippen molar-refractivity contribution in [2.45, 2.75) is 13.0 Å². The lowest BCUT2D eigenvalue weighted by molar-refractivity contribution is 0.321. The van der Waals surface area contributed by atoms with Gasteiger partial charge in [0, 0.05) is 0 Å². The molecule has 2 heterocycles. The summed E-state index contributed by atoms with van der Waals surface area (Å²) in [5.41, 5.74) is 0.784. The van der Waals surface area contributed by atoms with Crippen molar-refractivity contribution in [2.24, 2.45) is 4.99 Å². The van der Waals surface area contributed by atoms with Crippen LogP contribution in [0.15, 0.2) is 23.3 Å². The summed E-state index contributed by atoms with van der Waals surface area (Å²) in [4.78, 5) is 11.8. The molecule has 1 atom stereocenters. The molecule has 1 aromatic rings. The number of aliphatic hydroxyl groups is 1. The predicted molar refractivity (Wildman–Crippen MR) is 64.2 cm³/mol. The highest BCUT2D eigenvalue weighted by Crippen LogP contribution is 2.13. The molecule has 0 aromatic carbocycles. The van der Waals surface area contributed by atoms with E-state index in [1.165, 1.54) is 0 Å². The molecule has 1 aliphatic rings. The maximum absolute atomic E-state index is 13.2. The van der Waals surface area contributed by atoms with E-state index in [9.17, 15) is 4.39 Å². The van der Waals surface area contributed by atoms with Gasteiger partial charge in [0.1, 0.15) is 13.3 Å². The van der Waals surface area contributed by atoms with E-state index in [1.807, 2.05) is 19.1 Å². The molecule has 6 nitrogen and oxygen atoms in total. The smallest absolute Gasteiger partial charge is 0.318 e. The monoisotopic (exact) mass is 252 g/mol. The third-order valence-electron chi connectivity index (χ3n) is 2.25. The molecule has 0 radical (unpaired) electrons. The second-order valence-corrected chi connectivity index (χ2v) is 3.69. The van der Waals surface area contributed by atoms with Gasteiger partial charge in [0.15, 0.2) is 11.6 Å². The van der Waals surface area contributed by atoms with Gasteiger partial charge in [0.05, 0.1) is 18.0 Å². The minimum absolute atomic E-state index is 0.0306. The Hall–Kier alpha value is -2.02.